The van der Waals surface area contributed by atoms with Gasteiger partial charge in [-0.1, -0.05) is 0 Å². The highest BCUT2D eigenvalue weighted by Crippen LogP contribution is 1.98. The molecular formula is C12H23N3O3. The first-order valence-electron chi connectivity index (χ1n) is 6.15. The van der Waals surface area contributed by atoms with Gasteiger partial charge >= 0.3 is 0 Å². The Morgan fingerprint density at radius 2 is 2.00 bits per heavy atom. The molecule has 0 bridgehead atoms. The first-order valence-corrected chi connectivity index (χ1v) is 6.15. The fourth-order valence-corrected chi connectivity index (χ4v) is 1.50. The van der Waals surface area contributed by atoms with E-state index >= 15 is 0 Å². The Hall–Kier alpha value is -0.950. The molecule has 1 rings (SSSR count). The number of ether oxygens (including phenoxy) is 3. The Bertz CT molecular complexity index is 305. The molecule has 0 aliphatic heterocycles. The van der Waals surface area contributed by atoms with E-state index in [1.165, 1.54) is 0 Å². The zero-order chi connectivity index (χ0) is 13.1. The summed E-state index contributed by atoms with van der Waals surface area (Å²) < 4.78 is 17.3. The van der Waals surface area contributed by atoms with Gasteiger partial charge in [-0.05, 0) is 6.07 Å². The summed E-state index contributed by atoms with van der Waals surface area (Å²) in [5.41, 5.74) is 1.15. The minimum Gasteiger partial charge on any atom is -0.383 e. The highest BCUT2D eigenvalue weighted by Gasteiger charge is 2.01. The maximum atomic E-state index is 5.42. The zero-order valence-corrected chi connectivity index (χ0v) is 11.2. The molecule has 1 aromatic heterocycles. The Balaban J connectivity index is 2.18. The standard InChI is InChI=1S/C12H23N3O3/c1-16-7-5-13-11-12-3-4-14-15(12)6-8-18-10-9-17-2/h3-4,13H,5-11H2,1-2H3. The normalized spacial score (nSPS) is 11.0. The average molecular weight is 257 g/mol. The van der Waals surface area contributed by atoms with Crippen LogP contribution in [0.3, 0.4) is 0 Å². The minimum atomic E-state index is 0.624. The maximum absolute atomic E-state index is 5.42. The van der Waals surface area contributed by atoms with Gasteiger partial charge in [-0.25, -0.2) is 0 Å². The molecule has 0 aliphatic carbocycles. The van der Waals surface area contributed by atoms with Crippen molar-refractivity contribution in [2.75, 3.05) is 47.2 Å². The molecule has 0 spiro atoms. The third-order valence-electron chi connectivity index (χ3n) is 2.47. The summed E-state index contributed by atoms with van der Waals surface area (Å²) in [6.07, 6.45) is 1.81. The molecule has 18 heavy (non-hydrogen) atoms. The largest absolute Gasteiger partial charge is 0.383 e. The predicted molar refractivity (Wildman–Crippen MR) is 68.5 cm³/mol. The molecule has 0 radical (unpaired) electrons. The van der Waals surface area contributed by atoms with Crippen LogP contribution in [0.5, 0.6) is 0 Å². The number of rotatable bonds is 11. The van der Waals surface area contributed by atoms with E-state index in [-0.39, 0.29) is 0 Å². The van der Waals surface area contributed by atoms with Gasteiger partial charge < -0.3 is 19.5 Å². The topological polar surface area (TPSA) is 57.5 Å². The Morgan fingerprint density at radius 1 is 1.17 bits per heavy atom. The number of methoxy groups -OCH3 is 2. The highest BCUT2D eigenvalue weighted by atomic mass is 16.5. The second-order valence-corrected chi connectivity index (χ2v) is 3.82. The lowest BCUT2D eigenvalue weighted by molar-refractivity contribution is 0.0650. The highest BCUT2D eigenvalue weighted by molar-refractivity contribution is 4.99. The molecule has 0 saturated heterocycles. The number of aromatic nitrogens is 2. The van der Waals surface area contributed by atoms with Crippen molar-refractivity contribution in [2.24, 2.45) is 0 Å². The molecule has 1 N–H and O–H groups in total. The monoisotopic (exact) mass is 257 g/mol. The van der Waals surface area contributed by atoms with Gasteiger partial charge in [0.2, 0.25) is 0 Å². The summed E-state index contributed by atoms with van der Waals surface area (Å²) in [6, 6.07) is 2.01. The molecule has 6 heteroatoms. The first-order chi connectivity index (χ1) is 8.88. The Morgan fingerprint density at radius 3 is 2.78 bits per heavy atom. The SMILES string of the molecule is COCCNCc1ccnn1CCOCCOC. The molecule has 1 heterocycles. The second kappa shape index (κ2) is 10.0. The Labute approximate surface area is 108 Å². The van der Waals surface area contributed by atoms with E-state index in [2.05, 4.69) is 10.4 Å². The molecular weight excluding hydrogens is 234 g/mol. The van der Waals surface area contributed by atoms with Gasteiger partial charge in [-0.2, -0.15) is 5.10 Å². The lowest BCUT2D eigenvalue weighted by Gasteiger charge is -2.09. The number of nitrogens with zero attached hydrogens (tertiary/aromatic N) is 2. The lowest BCUT2D eigenvalue weighted by atomic mass is 10.4. The second-order valence-electron chi connectivity index (χ2n) is 3.82. The summed E-state index contributed by atoms with van der Waals surface area (Å²) in [5, 5.41) is 7.56. The van der Waals surface area contributed by atoms with Crippen LogP contribution >= 0.6 is 0 Å². The predicted octanol–water partition coefficient (Wildman–Crippen LogP) is 0.282. The van der Waals surface area contributed by atoms with E-state index in [4.69, 9.17) is 14.2 Å². The molecule has 6 nitrogen and oxygen atoms in total. The summed E-state index contributed by atoms with van der Waals surface area (Å²) in [7, 11) is 3.37. The van der Waals surface area contributed by atoms with E-state index in [1.807, 2.05) is 16.9 Å². The van der Waals surface area contributed by atoms with Crippen molar-refractivity contribution in [3.8, 4) is 0 Å². The van der Waals surface area contributed by atoms with E-state index in [0.29, 0.717) is 26.4 Å². The molecule has 104 valence electrons. The van der Waals surface area contributed by atoms with Crippen molar-refractivity contribution in [3.05, 3.63) is 18.0 Å². The average Bonchev–Trinajstić information content (AvgIpc) is 2.82. The maximum Gasteiger partial charge on any atom is 0.0701 e. The van der Waals surface area contributed by atoms with Crippen molar-refractivity contribution >= 4 is 0 Å². The van der Waals surface area contributed by atoms with E-state index in [1.54, 1.807) is 14.2 Å². The Kier molecular flexibility index (Phi) is 8.41. The van der Waals surface area contributed by atoms with E-state index in [9.17, 15) is 0 Å². The van der Waals surface area contributed by atoms with Crippen molar-refractivity contribution in [1.29, 1.82) is 0 Å². The van der Waals surface area contributed by atoms with Crippen molar-refractivity contribution < 1.29 is 14.2 Å². The van der Waals surface area contributed by atoms with Crippen LogP contribution in [0.4, 0.5) is 0 Å². The molecule has 0 unspecified atom stereocenters. The van der Waals surface area contributed by atoms with Gasteiger partial charge in [0.05, 0.1) is 38.7 Å². The van der Waals surface area contributed by atoms with Gasteiger partial charge in [-0.3, -0.25) is 4.68 Å². The molecule has 0 fully saturated rings. The van der Waals surface area contributed by atoms with Crippen LogP contribution in [0.15, 0.2) is 12.3 Å². The summed E-state index contributed by atoms with van der Waals surface area (Å²) >= 11 is 0. The fraction of sp³-hybridized carbons (Fsp3) is 0.750. The van der Waals surface area contributed by atoms with Crippen LogP contribution in [-0.2, 0) is 27.3 Å². The van der Waals surface area contributed by atoms with Crippen LogP contribution in [0.1, 0.15) is 5.69 Å². The van der Waals surface area contributed by atoms with Crippen molar-refractivity contribution in [1.82, 2.24) is 15.1 Å². The molecule has 0 saturated carbocycles. The van der Waals surface area contributed by atoms with E-state index < -0.39 is 0 Å². The van der Waals surface area contributed by atoms with E-state index in [0.717, 1.165) is 25.3 Å². The van der Waals surface area contributed by atoms with Gasteiger partial charge in [0, 0.05) is 33.5 Å². The van der Waals surface area contributed by atoms with Crippen molar-refractivity contribution in [2.45, 2.75) is 13.1 Å². The third kappa shape index (κ3) is 6.11. The summed E-state index contributed by atoms with van der Waals surface area (Å²) in [4.78, 5) is 0. The number of hydrogen-bond donors (Lipinski definition) is 1. The summed E-state index contributed by atoms with van der Waals surface area (Å²) in [5.74, 6) is 0. The molecule has 0 aliphatic rings. The third-order valence-corrected chi connectivity index (χ3v) is 2.47. The van der Waals surface area contributed by atoms with Crippen LogP contribution < -0.4 is 5.32 Å². The number of nitrogens with one attached hydrogen (secondary N) is 1. The minimum absolute atomic E-state index is 0.624. The summed E-state index contributed by atoms with van der Waals surface area (Å²) in [6.45, 7) is 5.01. The zero-order valence-electron chi connectivity index (χ0n) is 11.2. The quantitative estimate of drug-likeness (QED) is 0.577. The van der Waals surface area contributed by atoms with Crippen molar-refractivity contribution in [3.63, 3.8) is 0 Å². The van der Waals surface area contributed by atoms with Gasteiger partial charge in [-0.15, -0.1) is 0 Å². The van der Waals surface area contributed by atoms with Crippen LogP contribution in [0.2, 0.25) is 0 Å². The first kappa shape index (κ1) is 15.1. The molecule has 0 aromatic carbocycles. The van der Waals surface area contributed by atoms with Gasteiger partial charge in [0.25, 0.3) is 0 Å². The number of hydrogen-bond acceptors (Lipinski definition) is 5. The smallest absolute Gasteiger partial charge is 0.0701 e. The van der Waals surface area contributed by atoms with Gasteiger partial charge in [0.1, 0.15) is 0 Å². The van der Waals surface area contributed by atoms with Crippen LogP contribution in [0, 0.1) is 0 Å². The molecule has 0 amide bonds. The van der Waals surface area contributed by atoms with Crippen LogP contribution in [0.25, 0.3) is 0 Å². The fourth-order valence-electron chi connectivity index (χ4n) is 1.50. The lowest BCUT2D eigenvalue weighted by Crippen LogP contribution is -2.21. The van der Waals surface area contributed by atoms with Gasteiger partial charge in [0.15, 0.2) is 0 Å². The molecule has 1 aromatic rings. The van der Waals surface area contributed by atoms with Crippen LogP contribution in [-0.4, -0.2) is 57.0 Å². The molecule has 0 atom stereocenters.